The lowest BCUT2D eigenvalue weighted by atomic mass is 9.80. The molecule has 2 atom stereocenters. The average Bonchev–Trinajstić information content (AvgIpc) is 2.42. The monoisotopic (exact) mass is 282 g/mol. The number of nitrogens with zero attached hydrogens (tertiary/aromatic N) is 1. The molecule has 1 aliphatic carbocycles. The Morgan fingerprint density at radius 1 is 1.35 bits per heavy atom. The topological polar surface area (TPSA) is 54.3 Å². The summed E-state index contributed by atoms with van der Waals surface area (Å²) >= 11 is 0. The zero-order valence-corrected chi connectivity index (χ0v) is 13.3. The van der Waals surface area contributed by atoms with E-state index in [2.05, 4.69) is 32.2 Å². The molecular weight excluding hydrogens is 252 g/mol. The lowest BCUT2D eigenvalue weighted by Gasteiger charge is -2.37. The highest BCUT2D eigenvalue weighted by molar-refractivity contribution is 5.10. The minimum Gasteiger partial charge on any atom is -0.379 e. The molecular formula is C16H30N2O2. The molecule has 0 bridgehead atoms. The summed E-state index contributed by atoms with van der Waals surface area (Å²) < 4.78 is 11.4. The lowest BCUT2D eigenvalue weighted by molar-refractivity contribution is -0.0231. The largest absolute Gasteiger partial charge is 0.379 e. The molecule has 4 nitrogen and oxygen atoms in total. The molecule has 0 aliphatic heterocycles. The van der Waals surface area contributed by atoms with Crippen LogP contribution in [0.15, 0.2) is 0 Å². The molecule has 0 aromatic heterocycles. The number of rotatable bonds is 9. The third-order valence-electron chi connectivity index (χ3n) is 3.71. The van der Waals surface area contributed by atoms with Crippen LogP contribution >= 0.6 is 0 Å². The average molecular weight is 282 g/mol. The van der Waals surface area contributed by atoms with Gasteiger partial charge >= 0.3 is 0 Å². The van der Waals surface area contributed by atoms with Crippen LogP contribution in [0.25, 0.3) is 0 Å². The van der Waals surface area contributed by atoms with Gasteiger partial charge in [-0.05, 0) is 39.5 Å². The minimum absolute atomic E-state index is 0.185. The molecule has 0 saturated heterocycles. The second kappa shape index (κ2) is 9.33. The maximum Gasteiger partial charge on any atom is 0.109 e. The third-order valence-corrected chi connectivity index (χ3v) is 3.71. The van der Waals surface area contributed by atoms with E-state index in [1.54, 1.807) is 0 Å². The fourth-order valence-electron chi connectivity index (χ4n) is 2.81. The van der Waals surface area contributed by atoms with E-state index in [1.165, 1.54) is 0 Å². The second-order valence-corrected chi connectivity index (χ2v) is 6.05. The summed E-state index contributed by atoms with van der Waals surface area (Å²) in [7, 11) is 0. The first-order chi connectivity index (χ1) is 9.62. The number of hydrogen-bond donors (Lipinski definition) is 1. The molecule has 20 heavy (non-hydrogen) atoms. The number of nitriles is 1. The first kappa shape index (κ1) is 17.4. The Morgan fingerprint density at radius 2 is 2.15 bits per heavy atom. The van der Waals surface area contributed by atoms with Gasteiger partial charge in [0.25, 0.3) is 0 Å². The second-order valence-electron chi connectivity index (χ2n) is 6.05. The molecule has 1 saturated carbocycles. The van der Waals surface area contributed by atoms with Gasteiger partial charge in [-0.3, -0.25) is 5.32 Å². The van der Waals surface area contributed by atoms with E-state index in [4.69, 9.17) is 9.47 Å². The van der Waals surface area contributed by atoms with E-state index in [0.29, 0.717) is 19.3 Å². The first-order valence-corrected chi connectivity index (χ1v) is 8.00. The molecule has 1 N–H and O–H groups in total. The summed E-state index contributed by atoms with van der Waals surface area (Å²) in [4.78, 5) is 0. The third kappa shape index (κ3) is 6.21. The van der Waals surface area contributed by atoms with Crippen molar-refractivity contribution in [2.45, 2.75) is 77.0 Å². The highest BCUT2D eigenvalue weighted by Gasteiger charge is 2.37. The maximum atomic E-state index is 9.48. The van der Waals surface area contributed by atoms with Gasteiger partial charge in [0.2, 0.25) is 0 Å². The molecule has 1 aliphatic rings. The number of ether oxygens (including phenoxy) is 2. The van der Waals surface area contributed by atoms with E-state index in [-0.39, 0.29) is 6.10 Å². The molecule has 1 fully saturated rings. The molecule has 1 rings (SSSR count). The Bertz CT molecular complexity index is 301. The highest BCUT2D eigenvalue weighted by atomic mass is 16.5. The molecule has 4 heteroatoms. The van der Waals surface area contributed by atoms with Crippen LogP contribution < -0.4 is 5.32 Å². The SMILES string of the molecule is CCCCOCCOC1CCCC(C#N)(NC(C)C)C1. The summed E-state index contributed by atoms with van der Waals surface area (Å²) in [6.07, 6.45) is 6.27. The van der Waals surface area contributed by atoms with Crippen LogP contribution in [0, 0.1) is 11.3 Å². The van der Waals surface area contributed by atoms with Crippen molar-refractivity contribution in [3.05, 3.63) is 0 Å². The van der Waals surface area contributed by atoms with E-state index in [9.17, 15) is 5.26 Å². The van der Waals surface area contributed by atoms with Crippen molar-refractivity contribution >= 4 is 0 Å². The van der Waals surface area contributed by atoms with Crippen LogP contribution in [-0.4, -0.2) is 37.5 Å². The van der Waals surface area contributed by atoms with Crippen molar-refractivity contribution in [1.82, 2.24) is 5.32 Å². The van der Waals surface area contributed by atoms with E-state index in [0.717, 1.165) is 45.1 Å². The van der Waals surface area contributed by atoms with Crippen molar-refractivity contribution < 1.29 is 9.47 Å². The number of nitrogens with one attached hydrogen (secondary N) is 1. The Kier molecular flexibility index (Phi) is 8.13. The van der Waals surface area contributed by atoms with Crippen molar-refractivity contribution in [3.8, 4) is 6.07 Å². The molecule has 0 spiro atoms. The Hall–Kier alpha value is -0.630. The number of hydrogen-bond acceptors (Lipinski definition) is 4. The molecule has 0 radical (unpaired) electrons. The summed E-state index contributed by atoms with van der Waals surface area (Å²) in [6, 6.07) is 2.80. The van der Waals surface area contributed by atoms with Crippen LogP contribution in [0.3, 0.4) is 0 Å². The Morgan fingerprint density at radius 3 is 2.80 bits per heavy atom. The maximum absolute atomic E-state index is 9.48. The molecule has 2 unspecified atom stereocenters. The van der Waals surface area contributed by atoms with Gasteiger partial charge in [0, 0.05) is 19.1 Å². The zero-order valence-electron chi connectivity index (χ0n) is 13.3. The number of unbranched alkanes of at least 4 members (excludes halogenated alkanes) is 1. The molecule has 0 amide bonds. The highest BCUT2D eigenvalue weighted by Crippen LogP contribution is 2.30. The van der Waals surface area contributed by atoms with Crippen molar-refractivity contribution in [2.75, 3.05) is 19.8 Å². The molecule has 0 aromatic rings. The molecule has 0 heterocycles. The van der Waals surface area contributed by atoms with Crippen LogP contribution in [0.1, 0.15) is 59.3 Å². The summed E-state index contributed by atoms with van der Waals surface area (Å²) in [5, 5.41) is 12.9. The zero-order chi connectivity index (χ0) is 14.8. The summed E-state index contributed by atoms with van der Waals surface area (Å²) in [5.41, 5.74) is -0.403. The summed E-state index contributed by atoms with van der Waals surface area (Å²) in [6.45, 7) is 8.45. The van der Waals surface area contributed by atoms with Crippen molar-refractivity contribution in [1.29, 1.82) is 5.26 Å². The van der Waals surface area contributed by atoms with E-state index < -0.39 is 5.54 Å². The van der Waals surface area contributed by atoms with Crippen LogP contribution in [0.5, 0.6) is 0 Å². The fourth-order valence-corrected chi connectivity index (χ4v) is 2.81. The van der Waals surface area contributed by atoms with Crippen molar-refractivity contribution in [2.24, 2.45) is 0 Å². The van der Waals surface area contributed by atoms with Gasteiger partial charge in [0.1, 0.15) is 5.54 Å². The van der Waals surface area contributed by atoms with E-state index >= 15 is 0 Å². The van der Waals surface area contributed by atoms with Crippen LogP contribution in [0.2, 0.25) is 0 Å². The first-order valence-electron chi connectivity index (χ1n) is 8.00. The summed E-state index contributed by atoms with van der Waals surface area (Å²) in [5.74, 6) is 0. The quantitative estimate of drug-likeness (QED) is 0.660. The van der Waals surface area contributed by atoms with Gasteiger partial charge in [0.05, 0.1) is 25.4 Å². The van der Waals surface area contributed by atoms with Crippen molar-refractivity contribution in [3.63, 3.8) is 0 Å². The van der Waals surface area contributed by atoms with Gasteiger partial charge in [-0.1, -0.05) is 13.3 Å². The van der Waals surface area contributed by atoms with Gasteiger partial charge < -0.3 is 9.47 Å². The molecule has 116 valence electrons. The van der Waals surface area contributed by atoms with Gasteiger partial charge in [0.15, 0.2) is 0 Å². The predicted molar refractivity (Wildman–Crippen MR) is 80.6 cm³/mol. The Labute approximate surface area is 123 Å². The standard InChI is InChI=1S/C16H30N2O2/c1-4-5-9-19-10-11-20-15-7-6-8-16(12-15,13-17)18-14(2)3/h14-15,18H,4-12H2,1-3H3. The smallest absolute Gasteiger partial charge is 0.109 e. The van der Waals surface area contributed by atoms with Crippen LogP contribution in [-0.2, 0) is 9.47 Å². The van der Waals surface area contributed by atoms with Gasteiger partial charge in [-0.2, -0.15) is 5.26 Å². The minimum atomic E-state index is -0.403. The predicted octanol–water partition coefficient (Wildman–Crippen LogP) is 3.02. The molecule has 0 aromatic carbocycles. The lowest BCUT2D eigenvalue weighted by Crippen LogP contribution is -2.52. The van der Waals surface area contributed by atoms with Crippen LogP contribution in [0.4, 0.5) is 0 Å². The van der Waals surface area contributed by atoms with Gasteiger partial charge in [-0.15, -0.1) is 0 Å². The fraction of sp³-hybridized carbons (Fsp3) is 0.938. The van der Waals surface area contributed by atoms with Gasteiger partial charge in [-0.25, -0.2) is 0 Å². The Balaban J connectivity index is 2.28. The van der Waals surface area contributed by atoms with E-state index in [1.807, 2.05) is 0 Å². The normalized spacial score (nSPS) is 26.6.